The highest BCUT2D eigenvalue weighted by molar-refractivity contribution is 6.38. The van der Waals surface area contributed by atoms with Crippen molar-refractivity contribution in [3.63, 3.8) is 0 Å². The maximum atomic E-state index is 13.0. The number of Topliss-reactive ketones (excluding diaryl/α,β-unsaturated/α-hetero) is 1. The first kappa shape index (κ1) is 29.4. The lowest BCUT2D eigenvalue weighted by Gasteiger charge is -2.23. The van der Waals surface area contributed by atoms with Crippen LogP contribution in [0.15, 0.2) is 54.6 Å². The largest absolute Gasteiger partial charge is 0.497 e. The first-order chi connectivity index (χ1) is 17.7. The molecule has 0 spiro atoms. The van der Waals surface area contributed by atoms with E-state index in [1.165, 1.54) is 0 Å². The van der Waals surface area contributed by atoms with Crippen LogP contribution >= 0.6 is 0 Å². The second kappa shape index (κ2) is 15.3. The van der Waals surface area contributed by atoms with E-state index in [0.29, 0.717) is 12.8 Å². The number of nitrogens with one attached hydrogen (secondary N) is 3. The van der Waals surface area contributed by atoms with Gasteiger partial charge in [-0.05, 0) is 48.4 Å². The van der Waals surface area contributed by atoms with Gasteiger partial charge in [-0.1, -0.05) is 63.2 Å². The van der Waals surface area contributed by atoms with Crippen molar-refractivity contribution >= 4 is 23.7 Å². The van der Waals surface area contributed by atoms with Gasteiger partial charge in [0.25, 0.3) is 5.91 Å². The minimum absolute atomic E-state index is 0.0649. The topological polar surface area (TPSA) is 123 Å². The molecule has 0 unspecified atom stereocenters. The molecule has 2 rings (SSSR count). The standard InChI is InChI=1S/C28H37N3O6/c1-5-23(25(32)27(34)29-16-15-20-11-13-22(36-4)14-12-20)30-26(33)24(17-19(2)3)31-28(35)37-18-21-9-7-6-8-10-21/h6-14,19,23-24H,5,15-18H2,1-4H3,(H,29,34)(H,30,33)(H,31,35)/t23-,24-/m0/s1. The van der Waals surface area contributed by atoms with E-state index >= 15 is 0 Å². The molecule has 0 aliphatic rings. The lowest BCUT2D eigenvalue weighted by Crippen LogP contribution is -2.54. The van der Waals surface area contributed by atoms with Crippen LogP contribution in [0, 0.1) is 5.92 Å². The SMILES string of the molecule is CC[C@H](NC(=O)[C@H](CC(C)C)NC(=O)OCc1ccccc1)C(=O)C(=O)NCCc1ccc(OC)cc1. The van der Waals surface area contributed by atoms with Crippen molar-refractivity contribution < 1.29 is 28.7 Å². The average Bonchev–Trinajstić information content (AvgIpc) is 2.90. The Bertz CT molecular complexity index is 1020. The number of alkyl carbamates (subject to hydrolysis) is 1. The Balaban J connectivity index is 1.88. The van der Waals surface area contributed by atoms with E-state index in [4.69, 9.17) is 9.47 Å². The Morgan fingerprint density at radius 1 is 0.865 bits per heavy atom. The molecule has 0 radical (unpaired) electrons. The molecule has 9 nitrogen and oxygen atoms in total. The Kier molecular flexibility index (Phi) is 12.1. The van der Waals surface area contributed by atoms with Gasteiger partial charge in [-0.15, -0.1) is 0 Å². The smallest absolute Gasteiger partial charge is 0.408 e. The van der Waals surface area contributed by atoms with Crippen molar-refractivity contribution in [2.45, 2.75) is 58.7 Å². The van der Waals surface area contributed by atoms with Crippen LogP contribution in [0.2, 0.25) is 0 Å². The number of hydrogen-bond donors (Lipinski definition) is 3. The van der Waals surface area contributed by atoms with E-state index in [-0.39, 0.29) is 25.5 Å². The van der Waals surface area contributed by atoms with Crippen LogP contribution in [0.4, 0.5) is 4.79 Å². The summed E-state index contributed by atoms with van der Waals surface area (Å²) in [5.41, 5.74) is 1.80. The van der Waals surface area contributed by atoms with Crippen LogP contribution in [0.5, 0.6) is 5.75 Å². The van der Waals surface area contributed by atoms with Gasteiger partial charge in [0.15, 0.2) is 0 Å². The second-order valence-electron chi connectivity index (χ2n) is 9.08. The predicted octanol–water partition coefficient (Wildman–Crippen LogP) is 3.16. The second-order valence-corrected chi connectivity index (χ2v) is 9.08. The molecule has 2 atom stereocenters. The first-order valence-corrected chi connectivity index (χ1v) is 12.5. The zero-order valence-corrected chi connectivity index (χ0v) is 21.9. The fraction of sp³-hybridized carbons (Fsp3) is 0.429. The highest BCUT2D eigenvalue weighted by Crippen LogP contribution is 2.11. The molecule has 2 aromatic rings. The van der Waals surface area contributed by atoms with Crippen molar-refractivity contribution in [2.24, 2.45) is 5.92 Å². The normalized spacial score (nSPS) is 12.2. The third-order valence-electron chi connectivity index (χ3n) is 5.65. The summed E-state index contributed by atoms with van der Waals surface area (Å²) in [5, 5.41) is 7.81. The number of amides is 3. The van der Waals surface area contributed by atoms with Crippen LogP contribution in [-0.4, -0.2) is 49.4 Å². The van der Waals surface area contributed by atoms with Gasteiger partial charge in [-0.3, -0.25) is 14.4 Å². The molecule has 3 N–H and O–H groups in total. The molecule has 0 saturated heterocycles. The molecule has 0 heterocycles. The molecule has 3 amide bonds. The quantitative estimate of drug-likeness (QED) is 0.335. The van der Waals surface area contributed by atoms with E-state index in [2.05, 4.69) is 16.0 Å². The zero-order chi connectivity index (χ0) is 27.2. The van der Waals surface area contributed by atoms with Crippen LogP contribution in [-0.2, 0) is 32.1 Å². The van der Waals surface area contributed by atoms with Crippen molar-refractivity contribution in [1.82, 2.24) is 16.0 Å². The van der Waals surface area contributed by atoms with Crippen molar-refractivity contribution in [2.75, 3.05) is 13.7 Å². The zero-order valence-electron chi connectivity index (χ0n) is 21.9. The number of rotatable bonds is 14. The van der Waals surface area contributed by atoms with Gasteiger partial charge in [0.1, 0.15) is 18.4 Å². The molecule has 9 heteroatoms. The number of carbonyl (C=O) groups is 4. The van der Waals surface area contributed by atoms with Crippen molar-refractivity contribution in [1.29, 1.82) is 0 Å². The molecule has 2 aromatic carbocycles. The summed E-state index contributed by atoms with van der Waals surface area (Å²) in [6.07, 6.45) is 0.367. The Morgan fingerprint density at radius 3 is 2.14 bits per heavy atom. The van der Waals surface area contributed by atoms with E-state index in [0.717, 1.165) is 16.9 Å². The highest BCUT2D eigenvalue weighted by Gasteiger charge is 2.29. The summed E-state index contributed by atoms with van der Waals surface area (Å²) >= 11 is 0. The molecule has 0 fully saturated rings. The lowest BCUT2D eigenvalue weighted by molar-refractivity contribution is -0.140. The average molecular weight is 512 g/mol. The Morgan fingerprint density at radius 2 is 1.54 bits per heavy atom. The first-order valence-electron chi connectivity index (χ1n) is 12.5. The molecule has 0 bridgehead atoms. The number of ether oxygens (including phenoxy) is 2. The van der Waals surface area contributed by atoms with E-state index in [1.54, 1.807) is 14.0 Å². The number of carbonyl (C=O) groups excluding carboxylic acids is 4. The molecule has 200 valence electrons. The maximum Gasteiger partial charge on any atom is 0.408 e. The third-order valence-corrected chi connectivity index (χ3v) is 5.65. The molecule has 0 aromatic heterocycles. The molecule has 0 aliphatic carbocycles. The van der Waals surface area contributed by atoms with Gasteiger partial charge in [-0.25, -0.2) is 4.79 Å². The molecular formula is C28H37N3O6. The van der Waals surface area contributed by atoms with E-state index < -0.39 is 35.8 Å². The number of ketones is 1. The minimum Gasteiger partial charge on any atom is -0.497 e. The third kappa shape index (κ3) is 10.3. The van der Waals surface area contributed by atoms with Gasteiger partial charge >= 0.3 is 6.09 Å². The summed E-state index contributed by atoms with van der Waals surface area (Å²) in [7, 11) is 1.59. The van der Waals surface area contributed by atoms with Crippen LogP contribution < -0.4 is 20.7 Å². The summed E-state index contributed by atoms with van der Waals surface area (Å²) in [4.78, 5) is 50.4. The highest BCUT2D eigenvalue weighted by atomic mass is 16.5. The number of hydrogen-bond acceptors (Lipinski definition) is 6. The number of methoxy groups -OCH3 is 1. The molecule has 0 saturated carbocycles. The predicted molar refractivity (Wildman–Crippen MR) is 140 cm³/mol. The van der Waals surface area contributed by atoms with E-state index in [9.17, 15) is 19.2 Å². The molecule has 0 aliphatic heterocycles. The van der Waals surface area contributed by atoms with Gasteiger partial charge < -0.3 is 25.4 Å². The van der Waals surface area contributed by atoms with Crippen LogP contribution in [0.1, 0.15) is 44.7 Å². The Hall–Kier alpha value is -3.88. The van der Waals surface area contributed by atoms with Crippen LogP contribution in [0.25, 0.3) is 0 Å². The Labute approximate surface area is 218 Å². The minimum atomic E-state index is -1.01. The number of benzene rings is 2. The van der Waals surface area contributed by atoms with Gasteiger partial charge in [-0.2, -0.15) is 0 Å². The monoisotopic (exact) mass is 511 g/mol. The summed E-state index contributed by atoms with van der Waals surface area (Å²) in [6, 6.07) is 14.7. The summed E-state index contributed by atoms with van der Waals surface area (Å²) in [6.45, 7) is 5.86. The lowest BCUT2D eigenvalue weighted by atomic mass is 10.0. The molecule has 37 heavy (non-hydrogen) atoms. The van der Waals surface area contributed by atoms with Crippen molar-refractivity contribution in [3.05, 3.63) is 65.7 Å². The fourth-order valence-electron chi connectivity index (χ4n) is 3.59. The van der Waals surface area contributed by atoms with Crippen LogP contribution in [0.3, 0.4) is 0 Å². The van der Waals surface area contributed by atoms with Gasteiger partial charge in [0.05, 0.1) is 13.2 Å². The summed E-state index contributed by atoms with van der Waals surface area (Å²) in [5.74, 6) is -1.23. The van der Waals surface area contributed by atoms with Gasteiger partial charge in [0, 0.05) is 6.54 Å². The molecular weight excluding hydrogens is 474 g/mol. The van der Waals surface area contributed by atoms with Gasteiger partial charge in [0.2, 0.25) is 11.7 Å². The maximum absolute atomic E-state index is 13.0. The van der Waals surface area contributed by atoms with Crippen molar-refractivity contribution in [3.8, 4) is 5.75 Å². The summed E-state index contributed by atoms with van der Waals surface area (Å²) < 4.78 is 10.4. The fourth-order valence-corrected chi connectivity index (χ4v) is 3.59. The van der Waals surface area contributed by atoms with E-state index in [1.807, 2.05) is 68.4 Å².